The van der Waals surface area contributed by atoms with Crippen LogP contribution in [0.2, 0.25) is 6.82 Å². The summed E-state index contributed by atoms with van der Waals surface area (Å²) < 4.78 is 0. The molecule has 0 fully saturated rings. The van der Waals surface area contributed by atoms with E-state index in [0.29, 0.717) is 0 Å². The maximum absolute atomic E-state index is 3.61. The third kappa shape index (κ3) is 1.86. The van der Waals surface area contributed by atoms with Crippen LogP contribution in [0.4, 0.5) is 0 Å². The molecule has 0 aromatic carbocycles. The van der Waals surface area contributed by atoms with E-state index >= 15 is 0 Å². The van der Waals surface area contributed by atoms with Crippen LogP contribution in [0.5, 0.6) is 0 Å². The first-order valence-electron chi connectivity index (χ1n) is 1.28. The Bertz CT molecular complexity index is 21.2. The summed E-state index contributed by atoms with van der Waals surface area (Å²) in [5.41, 5.74) is 0. The Kier molecular flexibility index (Phi) is 2.77. The number of hydrogen-bond acceptors (Lipinski definition) is 1. The predicted octanol–water partition coefficient (Wildman–Crippen LogP) is 0.552. The van der Waals surface area contributed by atoms with Gasteiger partial charge in [0.25, 0.3) is 0 Å². The van der Waals surface area contributed by atoms with Gasteiger partial charge in [-0.1, -0.05) is 0 Å². The summed E-state index contributed by atoms with van der Waals surface area (Å²) >= 11 is 0. The summed E-state index contributed by atoms with van der Waals surface area (Å²) in [6, 6.07) is 0. The fraction of sp³-hybridized carbons (Fsp3) is 1.00. The Labute approximate surface area is 27.0 Å². The summed E-state index contributed by atoms with van der Waals surface area (Å²) in [6.45, 7) is 1.89. The van der Waals surface area contributed by atoms with Gasteiger partial charge in [-0.2, -0.15) is 0 Å². The normalized spacial score (nSPS) is 7.50. The summed E-state index contributed by atoms with van der Waals surface area (Å²) in [5.74, 6) is 0. The van der Waals surface area contributed by atoms with Gasteiger partial charge in [0.05, 0.1) is 0 Å². The van der Waals surface area contributed by atoms with Crippen LogP contribution in [0, 0.1) is 0 Å². The van der Waals surface area contributed by atoms with Crippen LogP contribution in [0.25, 0.3) is 0 Å². The van der Waals surface area contributed by atoms with Crippen LogP contribution < -0.4 is 0 Å². The molecule has 0 N–H and O–H groups in total. The number of nitrogens with zero attached hydrogens (tertiary/aromatic N) is 1. The maximum atomic E-state index is 3.61. The second kappa shape index (κ2) is 2.86. The SMILES string of the molecule is C/B=N/C. The van der Waals surface area contributed by atoms with Crippen molar-refractivity contribution in [2.75, 3.05) is 7.05 Å². The molecule has 22 valence electrons. The van der Waals surface area contributed by atoms with Crippen molar-refractivity contribution in [2.24, 2.45) is 4.90 Å². The van der Waals surface area contributed by atoms with Gasteiger partial charge in [-0.3, -0.25) is 0 Å². The van der Waals surface area contributed by atoms with Crippen LogP contribution in [0.3, 0.4) is 0 Å². The number of hydrogen-bond donors (Lipinski definition) is 0. The van der Waals surface area contributed by atoms with E-state index in [2.05, 4.69) is 4.90 Å². The van der Waals surface area contributed by atoms with E-state index in [1.807, 2.05) is 6.82 Å². The van der Waals surface area contributed by atoms with Gasteiger partial charge in [0.1, 0.15) is 0 Å². The van der Waals surface area contributed by atoms with Gasteiger partial charge in [-0.05, 0) is 0 Å². The Morgan fingerprint density at radius 2 is 2.00 bits per heavy atom. The summed E-state index contributed by atoms with van der Waals surface area (Å²) in [7, 11) is 3.50. The summed E-state index contributed by atoms with van der Waals surface area (Å²) in [6.07, 6.45) is 0. The van der Waals surface area contributed by atoms with Gasteiger partial charge in [0, 0.05) is 0 Å². The minimum absolute atomic E-state index is 1.75. The zero-order chi connectivity index (χ0) is 3.41. The van der Waals surface area contributed by atoms with E-state index in [1.54, 1.807) is 14.1 Å². The molecule has 2 heteroatoms. The van der Waals surface area contributed by atoms with E-state index in [0.717, 1.165) is 0 Å². The molecule has 0 saturated carbocycles. The van der Waals surface area contributed by atoms with E-state index in [4.69, 9.17) is 0 Å². The third-order valence-corrected chi connectivity index (χ3v) is 0.258. The monoisotopic (exact) mass is 55.1 g/mol. The van der Waals surface area contributed by atoms with Crippen molar-refractivity contribution in [2.45, 2.75) is 6.82 Å². The molecule has 0 spiro atoms. The van der Waals surface area contributed by atoms with Crippen LogP contribution in [-0.4, -0.2) is 14.1 Å². The fourth-order valence-electron chi connectivity index (χ4n) is 0. The molecular formula is C2H6BN. The van der Waals surface area contributed by atoms with Crippen LogP contribution in [-0.2, 0) is 0 Å². The van der Waals surface area contributed by atoms with Crippen LogP contribution in [0.15, 0.2) is 4.90 Å². The van der Waals surface area contributed by atoms with E-state index in [9.17, 15) is 0 Å². The molecule has 0 radical (unpaired) electrons. The van der Waals surface area contributed by atoms with Gasteiger partial charge >= 0.3 is 25.8 Å². The first-order valence-corrected chi connectivity index (χ1v) is 1.28. The van der Waals surface area contributed by atoms with Crippen molar-refractivity contribution in [1.82, 2.24) is 0 Å². The molecule has 0 aromatic heterocycles. The molecule has 0 atom stereocenters. The van der Waals surface area contributed by atoms with Crippen molar-refractivity contribution in [3.63, 3.8) is 0 Å². The van der Waals surface area contributed by atoms with Crippen molar-refractivity contribution >= 4 is 7.07 Å². The van der Waals surface area contributed by atoms with Gasteiger partial charge in [-0.15, -0.1) is 0 Å². The molecular weight excluding hydrogens is 48.8 g/mol. The molecule has 0 aromatic rings. The zero-order valence-electron chi connectivity index (χ0n) is 3.02. The first kappa shape index (κ1) is 3.86. The molecule has 4 heavy (non-hydrogen) atoms. The van der Waals surface area contributed by atoms with Crippen molar-refractivity contribution in [3.8, 4) is 0 Å². The molecule has 0 saturated heterocycles. The average Bonchev–Trinajstić information content (AvgIpc) is 1.37. The van der Waals surface area contributed by atoms with E-state index in [1.165, 1.54) is 0 Å². The van der Waals surface area contributed by atoms with E-state index in [-0.39, 0.29) is 0 Å². The fourth-order valence-corrected chi connectivity index (χ4v) is 0. The predicted molar refractivity (Wildman–Crippen MR) is 20.0 cm³/mol. The average molecular weight is 54.9 g/mol. The molecule has 0 rings (SSSR count). The minimum atomic E-state index is 1.75. The van der Waals surface area contributed by atoms with Gasteiger partial charge in [0.2, 0.25) is 0 Å². The van der Waals surface area contributed by atoms with Gasteiger partial charge in [0.15, 0.2) is 0 Å². The topological polar surface area (TPSA) is 12.4 Å². The van der Waals surface area contributed by atoms with Crippen LogP contribution >= 0.6 is 0 Å². The molecule has 0 aliphatic carbocycles. The Morgan fingerprint density at radius 1 is 1.75 bits per heavy atom. The van der Waals surface area contributed by atoms with Crippen LogP contribution in [0.1, 0.15) is 0 Å². The quantitative estimate of drug-likeness (QED) is 0.359. The molecule has 0 heterocycles. The Balaban J connectivity index is 2.55. The van der Waals surface area contributed by atoms with Gasteiger partial charge in [-0.25, -0.2) is 0 Å². The standard InChI is InChI=1S/C2H6BN/c1-3-4-2/h1-2H3. The molecule has 0 unspecified atom stereocenters. The van der Waals surface area contributed by atoms with Crippen molar-refractivity contribution in [3.05, 3.63) is 0 Å². The van der Waals surface area contributed by atoms with Crippen molar-refractivity contribution in [1.29, 1.82) is 0 Å². The molecule has 0 aliphatic rings. The summed E-state index contributed by atoms with van der Waals surface area (Å²) in [5, 5.41) is 0. The Hall–Kier alpha value is -0.135. The summed E-state index contributed by atoms with van der Waals surface area (Å²) in [4.78, 5) is 3.61. The molecule has 1 nitrogen and oxygen atoms in total. The molecule has 0 bridgehead atoms. The first-order chi connectivity index (χ1) is 1.91. The van der Waals surface area contributed by atoms with E-state index < -0.39 is 0 Å². The van der Waals surface area contributed by atoms with Crippen molar-refractivity contribution < 1.29 is 0 Å². The molecule has 0 amide bonds. The second-order valence-corrected chi connectivity index (χ2v) is 0.516. The second-order valence-electron chi connectivity index (χ2n) is 0.516. The van der Waals surface area contributed by atoms with Gasteiger partial charge < -0.3 is 0 Å². The third-order valence-electron chi connectivity index (χ3n) is 0.258. The molecule has 0 aliphatic heterocycles. The Morgan fingerprint density at radius 3 is 2.00 bits per heavy atom. The number of rotatable bonds is 0. The zero-order valence-corrected chi connectivity index (χ0v) is 3.02.